The molecule has 8 nitrogen and oxygen atoms in total. The minimum Gasteiger partial charge on any atom is -0.294 e. The van der Waals surface area contributed by atoms with Gasteiger partial charge in [0.15, 0.2) is 11.2 Å². The standard InChI is InChI=1S/C19H22N6O2/c1-11-6-8-14(9-7-11)10-24-18-20-16-15(25(18)13(3)12(2)21-24)17(26)23(5)19(27)22(16)4/h6-9,13H,10H2,1-5H3/t13-/m0/s1. The lowest BCUT2D eigenvalue weighted by atomic mass is 10.1. The Morgan fingerprint density at radius 1 is 1.04 bits per heavy atom. The predicted molar refractivity (Wildman–Crippen MR) is 105 cm³/mol. The van der Waals surface area contributed by atoms with Crippen LogP contribution in [0, 0.1) is 6.92 Å². The average molecular weight is 366 g/mol. The number of anilines is 1. The summed E-state index contributed by atoms with van der Waals surface area (Å²) in [5.74, 6) is 0.571. The zero-order valence-electron chi connectivity index (χ0n) is 16.1. The van der Waals surface area contributed by atoms with E-state index in [2.05, 4.69) is 29.2 Å². The summed E-state index contributed by atoms with van der Waals surface area (Å²) >= 11 is 0. The van der Waals surface area contributed by atoms with E-state index in [0.29, 0.717) is 23.7 Å². The first-order valence-corrected chi connectivity index (χ1v) is 8.85. The average Bonchev–Trinajstić information content (AvgIpc) is 3.05. The van der Waals surface area contributed by atoms with Crippen LogP contribution >= 0.6 is 0 Å². The molecule has 0 radical (unpaired) electrons. The zero-order valence-corrected chi connectivity index (χ0v) is 16.1. The van der Waals surface area contributed by atoms with Crippen molar-refractivity contribution in [1.29, 1.82) is 0 Å². The van der Waals surface area contributed by atoms with Crippen LogP contribution in [0.15, 0.2) is 39.0 Å². The molecule has 0 bridgehead atoms. The van der Waals surface area contributed by atoms with E-state index in [1.165, 1.54) is 17.2 Å². The molecule has 0 aliphatic carbocycles. The van der Waals surface area contributed by atoms with Gasteiger partial charge < -0.3 is 0 Å². The van der Waals surface area contributed by atoms with Crippen molar-refractivity contribution in [3.05, 3.63) is 56.2 Å². The molecule has 0 fully saturated rings. The SMILES string of the molecule is CC1=NN(Cc2ccc(C)cc2)c2nc3c(c(=O)n(C)c(=O)n3C)n2[C@H]1C. The first-order valence-electron chi connectivity index (χ1n) is 8.85. The lowest BCUT2D eigenvalue weighted by Gasteiger charge is -2.29. The summed E-state index contributed by atoms with van der Waals surface area (Å²) in [7, 11) is 3.12. The molecule has 0 N–H and O–H groups in total. The number of hydrogen-bond acceptors (Lipinski definition) is 5. The summed E-state index contributed by atoms with van der Waals surface area (Å²) in [6, 6.07) is 8.10. The quantitative estimate of drug-likeness (QED) is 0.692. The van der Waals surface area contributed by atoms with E-state index in [1.54, 1.807) is 12.1 Å². The summed E-state index contributed by atoms with van der Waals surface area (Å²) in [6.07, 6.45) is 0. The molecule has 0 saturated heterocycles. The van der Waals surface area contributed by atoms with E-state index < -0.39 is 5.69 Å². The van der Waals surface area contributed by atoms with Gasteiger partial charge in [-0.1, -0.05) is 29.8 Å². The fraction of sp³-hybridized carbons (Fsp3) is 0.368. The number of benzene rings is 1. The van der Waals surface area contributed by atoms with Crippen molar-refractivity contribution in [3.63, 3.8) is 0 Å². The van der Waals surface area contributed by atoms with Crippen LogP contribution in [-0.4, -0.2) is 24.4 Å². The second-order valence-corrected chi connectivity index (χ2v) is 7.12. The fourth-order valence-corrected chi connectivity index (χ4v) is 3.43. The van der Waals surface area contributed by atoms with Gasteiger partial charge in [0.05, 0.1) is 18.3 Å². The topological polar surface area (TPSA) is 77.4 Å². The first kappa shape index (κ1) is 17.3. The van der Waals surface area contributed by atoms with E-state index in [0.717, 1.165) is 15.8 Å². The van der Waals surface area contributed by atoms with Crippen LogP contribution in [0.2, 0.25) is 0 Å². The minimum atomic E-state index is -0.390. The van der Waals surface area contributed by atoms with Gasteiger partial charge in [0.2, 0.25) is 5.95 Å². The normalized spacial score (nSPS) is 16.6. The van der Waals surface area contributed by atoms with Crippen molar-refractivity contribution < 1.29 is 0 Å². The van der Waals surface area contributed by atoms with Gasteiger partial charge in [-0.05, 0) is 26.3 Å². The molecule has 140 valence electrons. The van der Waals surface area contributed by atoms with Gasteiger partial charge in [-0.25, -0.2) is 9.80 Å². The van der Waals surface area contributed by atoms with Crippen LogP contribution in [0.3, 0.4) is 0 Å². The maximum absolute atomic E-state index is 12.8. The number of imidazole rings is 1. The van der Waals surface area contributed by atoms with Gasteiger partial charge in [-0.15, -0.1) is 0 Å². The third-order valence-corrected chi connectivity index (χ3v) is 5.23. The molecule has 0 amide bonds. The number of aromatic nitrogens is 4. The van der Waals surface area contributed by atoms with Crippen molar-refractivity contribution in [1.82, 2.24) is 18.7 Å². The molecule has 1 aliphatic heterocycles. The Labute approximate surface area is 156 Å². The van der Waals surface area contributed by atoms with Gasteiger partial charge in [0.25, 0.3) is 5.56 Å². The molecule has 1 aromatic carbocycles. The summed E-state index contributed by atoms with van der Waals surface area (Å²) in [5, 5.41) is 6.49. The molecule has 0 spiro atoms. The Bertz CT molecular complexity index is 1200. The minimum absolute atomic E-state index is 0.121. The number of nitrogens with zero attached hydrogens (tertiary/aromatic N) is 6. The summed E-state index contributed by atoms with van der Waals surface area (Å²) in [4.78, 5) is 29.7. The Hall–Kier alpha value is -3.16. The lowest BCUT2D eigenvalue weighted by molar-refractivity contribution is 0.634. The molecule has 1 aliphatic rings. The summed E-state index contributed by atoms with van der Waals surface area (Å²) in [6.45, 7) is 6.50. The number of fused-ring (bicyclic) bond motifs is 3. The fourth-order valence-electron chi connectivity index (χ4n) is 3.43. The van der Waals surface area contributed by atoms with Gasteiger partial charge in [0.1, 0.15) is 0 Å². The van der Waals surface area contributed by atoms with Crippen LogP contribution in [-0.2, 0) is 20.6 Å². The highest BCUT2D eigenvalue weighted by Crippen LogP contribution is 2.30. The molecule has 4 rings (SSSR count). The number of aryl methyl sites for hydroxylation is 2. The molecule has 3 aromatic rings. The largest absolute Gasteiger partial charge is 0.332 e. The second kappa shape index (κ2) is 5.94. The van der Waals surface area contributed by atoms with Gasteiger partial charge >= 0.3 is 5.69 Å². The molecule has 3 heterocycles. The Morgan fingerprint density at radius 3 is 2.37 bits per heavy atom. The molecule has 8 heteroatoms. The zero-order chi connectivity index (χ0) is 19.5. The number of hydrogen-bond donors (Lipinski definition) is 0. The number of hydrazone groups is 1. The van der Waals surface area contributed by atoms with E-state index in [9.17, 15) is 9.59 Å². The highest BCUT2D eigenvalue weighted by atomic mass is 16.2. The molecule has 0 unspecified atom stereocenters. The van der Waals surface area contributed by atoms with E-state index in [-0.39, 0.29) is 11.6 Å². The molecule has 1 atom stereocenters. The Balaban J connectivity index is 1.95. The molecular formula is C19H22N6O2. The van der Waals surface area contributed by atoms with Crippen molar-refractivity contribution in [2.45, 2.75) is 33.4 Å². The molecule has 0 saturated carbocycles. The molecule has 2 aromatic heterocycles. The second-order valence-electron chi connectivity index (χ2n) is 7.12. The molecular weight excluding hydrogens is 344 g/mol. The van der Waals surface area contributed by atoms with Gasteiger partial charge in [-0.2, -0.15) is 10.1 Å². The van der Waals surface area contributed by atoms with Crippen LogP contribution in [0.25, 0.3) is 11.2 Å². The Kier molecular flexibility index (Phi) is 3.80. The highest BCUT2D eigenvalue weighted by Gasteiger charge is 2.30. The monoisotopic (exact) mass is 366 g/mol. The Morgan fingerprint density at radius 2 is 1.70 bits per heavy atom. The van der Waals surface area contributed by atoms with Crippen LogP contribution in [0.4, 0.5) is 5.95 Å². The van der Waals surface area contributed by atoms with Crippen LogP contribution < -0.4 is 16.3 Å². The third-order valence-electron chi connectivity index (χ3n) is 5.23. The first-order chi connectivity index (χ1) is 12.8. The van der Waals surface area contributed by atoms with Crippen molar-refractivity contribution in [3.8, 4) is 0 Å². The van der Waals surface area contributed by atoms with Crippen molar-refractivity contribution in [2.24, 2.45) is 19.2 Å². The van der Waals surface area contributed by atoms with E-state index in [4.69, 9.17) is 5.10 Å². The third kappa shape index (κ3) is 2.51. The van der Waals surface area contributed by atoms with E-state index in [1.807, 2.05) is 25.3 Å². The smallest absolute Gasteiger partial charge is 0.294 e. The van der Waals surface area contributed by atoms with Crippen LogP contribution in [0.5, 0.6) is 0 Å². The van der Waals surface area contributed by atoms with Crippen LogP contribution in [0.1, 0.15) is 31.0 Å². The van der Waals surface area contributed by atoms with Gasteiger partial charge in [-0.3, -0.25) is 18.5 Å². The summed E-state index contributed by atoms with van der Waals surface area (Å²) in [5.41, 5.74) is 3.23. The highest BCUT2D eigenvalue weighted by molar-refractivity contribution is 5.91. The number of rotatable bonds is 2. The lowest BCUT2D eigenvalue weighted by Crippen LogP contribution is -2.38. The summed E-state index contributed by atoms with van der Waals surface area (Å²) < 4.78 is 4.41. The predicted octanol–water partition coefficient (Wildman–Crippen LogP) is 1.70. The van der Waals surface area contributed by atoms with Crippen molar-refractivity contribution in [2.75, 3.05) is 5.01 Å². The molecule has 27 heavy (non-hydrogen) atoms. The maximum atomic E-state index is 12.8. The van der Waals surface area contributed by atoms with Crippen molar-refractivity contribution >= 4 is 22.8 Å². The van der Waals surface area contributed by atoms with E-state index >= 15 is 0 Å². The maximum Gasteiger partial charge on any atom is 0.332 e. The van der Waals surface area contributed by atoms with Gasteiger partial charge in [0, 0.05) is 14.1 Å².